The molecule has 3 nitrogen and oxygen atoms in total. The summed E-state index contributed by atoms with van der Waals surface area (Å²) in [6.45, 7) is 4.56. The molecule has 0 saturated carbocycles. The van der Waals surface area contributed by atoms with Crippen LogP contribution in [0.15, 0.2) is 0 Å². The number of aliphatic hydroxyl groups is 1. The van der Waals surface area contributed by atoms with Crippen LogP contribution >= 0.6 is 0 Å². The Bertz CT molecular complexity index is 180. The first-order chi connectivity index (χ1) is 7.40. The van der Waals surface area contributed by atoms with E-state index in [1.54, 1.807) is 0 Å². The number of piperidine rings is 1. The summed E-state index contributed by atoms with van der Waals surface area (Å²) in [7, 11) is 0. The molecule has 2 heterocycles. The van der Waals surface area contributed by atoms with Crippen LogP contribution < -0.4 is 0 Å². The van der Waals surface area contributed by atoms with Crippen LogP contribution in [0, 0.1) is 5.92 Å². The van der Waals surface area contributed by atoms with Gasteiger partial charge in [0.15, 0.2) is 0 Å². The van der Waals surface area contributed by atoms with Crippen LogP contribution in [0.2, 0.25) is 0 Å². The van der Waals surface area contributed by atoms with Crippen molar-refractivity contribution >= 4 is 0 Å². The predicted octanol–water partition coefficient (Wildman–Crippen LogP) is 1.26. The summed E-state index contributed by atoms with van der Waals surface area (Å²) in [6, 6.07) is 0.432. The third-order valence-electron chi connectivity index (χ3n) is 3.79. The molecular weight excluding hydrogens is 190 g/mol. The van der Waals surface area contributed by atoms with E-state index in [2.05, 4.69) is 4.90 Å². The molecule has 2 fully saturated rings. The van der Waals surface area contributed by atoms with E-state index in [9.17, 15) is 5.11 Å². The van der Waals surface area contributed by atoms with Crippen LogP contribution in [-0.2, 0) is 4.74 Å². The van der Waals surface area contributed by atoms with Crippen molar-refractivity contribution in [2.45, 2.75) is 38.1 Å². The molecule has 15 heavy (non-hydrogen) atoms. The van der Waals surface area contributed by atoms with E-state index in [0.29, 0.717) is 12.6 Å². The van der Waals surface area contributed by atoms with Crippen molar-refractivity contribution < 1.29 is 9.84 Å². The van der Waals surface area contributed by atoms with Crippen LogP contribution in [0.1, 0.15) is 32.1 Å². The van der Waals surface area contributed by atoms with Crippen LogP contribution in [0.4, 0.5) is 0 Å². The smallest absolute Gasteiger partial charge is 0.0586 e. The monoisotopic (exact) mass is 213 g/mol. The molecule has 3 heteroatoms. The lowest BCUT2D eigenvalue weighted by Crippen LogP contribution is -2.45. The lowest BCUT2D eigenvalue weighted by molar-refractivity contribution is 0.0274. The normalized spacial score (nSPS) is 30.6. The lowest BCUT2D eigenvalue weighted by atomic mass is 9.96. The minimum Gasteiger partial charge on any atom is -0.395 e. The lowest BCUT2D eigenvalue weighted by Gasteiger charge is -2.37. The van der Waals surface area contributed by atoms with E-state index in [1.807, 2.05) is 0 Å². The number of likely N-dealkylation sites (tertiary alicyclic amines) is 1. The zero-order valence-corrected chi connectivity index (χ0v) is 9.53. The highest BCUT2D eigenvalue weighted by atomic mass is 16.5. The SMILES string of the molecule is OCC1CCCCN1CC1CCOCC1. The molecule has 2 aliphatic heterocycles. The first kappa shape index (κ1) is 11.4. The molecule has 0 amide bonds. The average Bonchev–Trinajstić information content (AvgIpc) is 2.31. The van der Waals surface area contributed by atoms with Gasteiger partial charge in [0.2, 0.25) is 0 Å². The Morgan fingerprint density at radius 3 is 2.67 bits per heavy atom. The highest BCUT2D eigenvalue weighted by Gasteiger charge is 2.25. The summed E-state index contributed by atoms with van der Waals surface area (Å²) in [5.74, 6) is 0.797. The first-order valence-electron chi connectivity index (χ1n) is 6.33. The average molecular weight is 213 g/mol. The summed E-state index contributed by atoms with van der Waals surface area (Å²) in [5.41, 5.74) is 0. The fourth-order valence-corrected chi connectivity index (χ4v) is 2.77. The third-order valence-corrected chi connectivity index (χ3v) is 3.79. The summed E-state index contributed by atoms with van der Waals surface area (Å²) in [5, 5.41) is 9.32. The largest absolute Gasteiger partial charge is 0.395 e. The standard InChI is InChI=1S/C12H23NO2/c14-10-12-3-1-2-6-13(12)9-11-4-7-15-8-5-11/h11-12,14H,1-10H2. The Balaban J connectivity index is 1.79. The molecule has 1 atom stereocenters. The molecule has 0 spiro atoms. The van der Waals surface area contributed by atoms with Crippen LogP contribution in [-0.4, -0.2) is 49.0 Å². The van der Waals surface area contributed by atoms with E-state index < -0.39 is 0 Å². The van der Waals surface area contributed by atoms with E-state index in [4.69, 9.17) is 4.74 Å². The molecule has 0 bridgehead atoms. The van der Waals surface area contributed by atoms with Crippen molar-refractivity contribution in [3.63, 3.8) is 0 Å². The molecule has 0 aliphatic carbocycles. The predicted molar refractivity (Wildman–Crippen MR) is 59.8 cm³/mol. The highest BCUT2D eigenvalue weighted by Crippen LogP contribution is 2.22. The molecular formula is C12H23NO2. The molecule has 0 aromatic heterocycles. The Morgan fingerprint density at radius 2 is 1.93 bits per heavy atom. The molecule has 0 radical (unpaired) electrons. The van der Waals surface area contributed by atoms with Crippen molar-refractivity contribution in [1.29, 1.82) is 0 Å². The van der Waals surface area contributed by atoms with Crippen LogP contribution in [0.3, 0.4) is 0 Å². The van der Waals surface area contributed by atoms with Crippen molar-refractivity contribution in [2.24, 2.45) is 5.92 Å². The maximum atomic E-state index is 9.32. The van der Waals surface area contributed by atoms with Crippen molar-refractivity contribution in [3.05, 3.63) is 0 Å². The number of ether oxygens (including phenoxy) is 1. The van der Waals surface area contributed by atoms with Gasteiger partial charge >= 0.3 is 0 Å². The van der Waals surface area contributed by atoms with Gasteiger partial charge < -0.3 is 9.84 Å². The van der Waals surface area contributed by atoms with E-state index in [-0.39, 0.29) is 0 Å². The number of rotatable bonds is 3. The van der Waals surface area contributed by atoms with Gasteiger partial charge in [-0.2, -0.15) is 0 Å². The Hall–Kier alpha value is -0.120. The molecule has 2 saturated heterocycles. The Labute approximate surface area is 92.4 Å². The quantitative estimate of drug-likeness (QED) is 0.766. The minimum absolute atomic E-state index is 0.337. The van der Waals surface area contributed by atoms with Gasteiger partial charge in [-0.05, 0) is 38.1 Å². The Morgan fingerprint density at radius 1 is 1.13 bits per heavy atom. The van der Waals surface area contributed by atoms with Gasteiger partial charge in [0.25, 0.3) is 0 Å². The summed E-state index contributed by atoms with van der Waals surface area (Å²) < 4.78 is 5.37. The van der Waals surface area contributed by atoms with Gasteiger partial charge in [0.1, 0.15) is 0 Å². The van der Waals surface area contributed by atoms with E-state index >= 15 is 0 Å². The molecule has 0 aromatic rings. The van der Waals surface area contributed by atoms with Gasteiger partial charge in [-0.25, -0.2) is 0 Å². The molecule has 2 aliphatic rings. The van der Waals surface area contributed by atoms with E-state index in [0.717, 1.165) is 19.1 Å². The maximum Gasteiger partial charge on any atom is 0.0586 e. The van der Waals surface area contributed by atoms with Gasteiger partial charge in [-0.1, -0.05) is 6.42 Å². The van der Waals surface area contributed by atoms with Gasteiger partial charge in [0, 0.05) is 25.8 Å². The second-order valence-electron chi connectivity index (χ2n) is 4.88. The number of hydrogen-bond donors (Lipinski definition) is 1. The van der Waals surface area contributed by atoms with Crippen LogP contribution in [0.5, 0.6) is 0 Å². The first-order valence-corrected chi connectivity index (χ1v) is 6.33. The van der Waals surface area contributed by atoms with Gasteiger partial charge in [-0.15, -0.1) is 0 Å². The van der Waals surface area contributed by atoms with Gasteiger partial charge in [-0.3, -0.25) is 4.90 Å². The zero-order valence-electron chi connectivity index (χ0n) is 9.53. The van der Waals surface area contributed by atoms with Crippen molar-refractivity contribution in [2.75, 3.05) is 32.9 Å². The summed E-state index contributed by atoms with van der Waals surface area (Å²) in [6.07, 6.45) is 6.18. The molecule has 0 aromatic carbocycles. The van der Waals surface area contributed by atoms with Crippen molar-refractivity contribution in [1.82, 2.24) is 4.90 Å². The molecule has 88 valence electrons. The minimum atomic E-state index is 0.337. The molecule has 1 unspecified atom stereocenters. The highest BCUT2D eigenvalue weighted by molar-refractivity contribution is 4.79. The maximum absolute atomic E-state index is 9.32. The summed E-state index contributed by atoms with van der Waals surface area (Å²) in [4.78, 5) is 2.50. The zero-order chi connectivity index (χ0) is 10.5. The second kappa shape index (κ2) is 5.83. The van der Waals surface area contributed by atoms with Crippen LogP contribution in [0.25, 0.3) is 0 Å². The fraction of sp³-hybridized carbons (Fsp3) is 1.00. The van der Waals surface area contributed by atoms with Gasteiger partial charge in [0.05, 0.1) is 6.61 Å². The van der Waals surface area contributed by atoms with E-state index in [1.165, 1.54) is 45.2 Å². The molecule has 2 rings (SSSR count). The second-order valence-corrected chi connectivity index (χ2v) is 4.88. The number of hydrogen-bond acceptors (Lipinski definition) is 3. The van der Waals surface area contributed by atoms with Crippen molar-refractivity contribution in [3.8, 4) is 0 Å². The Kier molecular flexibility index (Phi) is 4.42. The molecule has 1 N–H and O–H groups in total. The summed E-state index contributed by atoms with van der Waals surface area (Å²) >= 11 is 0. The number of aliphatic hydroxyl groups excluding tert-OH is 1. The third kappa shape index (κ3) is 3.16. The fourth-order valence-electron chi connectivity index (χ4n) is 2.77. The topological polar surface area (TPSA) is 32.7 Å². The number of nitrogens with zero attached hydrogens (tertiary/aromatic N) is 1.